The Hall–Kier alpha value is -0.220. The lowest BCUT2D eigenvalue weighted by Crippen LogP contribution is -2.48. The molecule has 0 aliphatic rings. The third-order valence-corrected chi connectivity index (χ3v) is 4.10. The number of rotatable bonds is 8. The van der Waals surface area contributed by atoms with E-state index in [-0.39, 0.29) is 5.75 Å². The van der Waals surface area contributed by atoms with Crippen molar-refractivity contribution in [2.24, 2.45) is 0 Å². The van der Waals surface area contributed by atoms with E-state index in [1.807, 2.05) is 0 Å². The molecule has 0 bridgehead atoms. The molecular formula is C11H28NO6S2+. The first-order valence-electron chi connectivity index (χ1n) is 6.61. The fourth-order valence-corrected chi connectivity index (χ4v) is 2.45. The normalized spacial score (nSPS) is 12.7. The lowest BCUT2D eigenvalue weighted by Gasteiger charge is -2.35. The van der Waals surface area contributed by atoms with E-state index in [1.54, 1.807) is 0 Å². The fraction of sp³-hybridized carbons (Fsp3) is 1.00. The van der Waals surface area contributed by atoms with Crippen LogP contribution in [-0.2, 0) is 20.2 Å². The molecule has 0 saturated heterocycles. The van der Waals surface area contributed by atoms with Crippen LogP contribution >= 0.6 is 0 Å². The summed E-state index contributed by atoms with van der Waals surface area (Å²) in [4.78, 5) is 0. The topological polar surface area (TPSA) is 109 Å². The zero-order valence-electron chi connectivity index (χ0n) is 12.7. The summed E-state index contributed by atoms with van der Waals surface area (Å²) in [7, 11) is -7.44. The third kappa shape index (κ3) is 15.8. The van der Waals surface area contributed by atoms with Crippen molar-refractivity contribution in [1.29, 1.82) is 0 Å². The lowest BCUT2D eigenvalue weighted by atomic mass is 10.2. The molecule has 0 aliphatic carbocycles. The molecule has 0 saturated carbocycles. The van der Waals surface area contributed by atoms with Gasteiger partial charge in [0.1, 0.15) is 0 Å². The Morgan fingerprint density at radius 3 is 1.45 bits per heavy atom. The summed E-state index contributed by atoms with van der Waals surface area (Å²) in [5.74, 6) is -0.107. The van der Waals surface area contributed by atoms with Crippen LogP contribution in [-0.4, -0.2) is 68.6 Å². The zero-order chi connectivity index (χ0) is 16.4. The summed E-state index contributed by atoms with van der Waals surface area (Å²) in [6.45, 7) is 10.7. The van der Waals surface area contributed by atoms with E-state index in [0.29, 0.717) is 12.7 Å². The second-order valence-corrected chi connectivity index (χ2v) is 7.78. The van der Waals surface area contributed by atoms with Gasteiger partial charge in [-0.2, -0.15) is 16.8 Å². The van der Waals surface area contributed by atoms with E-state index >= 15 is 0 Å². The van der Waals surface area contributed by atoms with Gasteiger partial charge in [0.2, 0.25) is 0 Å². The molecule has 0 aromatic heterocycles. The Bertz CT molecular complexity index is 423. The van der Waals surface area contributed by atoms with Gasteiger partial charge in [-0.3, -0.25) is 9.11 Å². The maximum absolute atomic E-state index is 10.5. The van der Waals surface area contributed by atoms with E-state index in [4.69, 9.17) is 9.11 Å². The number of unbranched alkanes of at least 4 members (excludes halogenated alkanes) is 1. The van der Waals surface area contributed by atoms with Crippen molar-refractivity contribution in [2.75, 3.05) is 38.2 Å². The van der Waals surface area contributed by atoms with Crippen LogP contribution in [0.3, 0.4) is 0 Å². The van der Waals surface area contributed by atoms with Crippen molar-refractivity contribution < 1.29 is 30.4 Å². The highest BCUT2D eigenvalue weighted by atomic mass is 32.2. The van der Waals surface area contributed by atoms with Gasteiger partial charge in [-0.1, -0.05) is 0 Å². The monoisotopic (exact) mass is 334 g/mol. The minimum atomic E-state index is -3.77. The summed E-state index contributed by atoms with van der Waals surface area (Å²) in [5.41, 5.74) is 0. The molecule has 0 rings (SSSR count). The molecule has 0 amide bonds. The maximum Gasteiger partial charge on any atom is 0.264 e. The number of hydrogen-bond donors (Lipinski definition) is 2. The van der Waals surface area contributed by atoms with Crippen LogP contribution in [0.2, 0.25) is 0 Å². The summed E-state index contributed by atoms with van der Waals surface area (Å²) >= 11 is 0. The summed E-state index contributed by atoms with van der Waals surface area (Å²) in [5, 5.41) is 0. The molecule has 9 heteroatoms. The Balaban J connectivity index is 0. The zero-order valence-corrected chi connectivity index (χ0v) is 14.4. The van der Waals surface area contributed by atoms with Gasteiger partial charge in [0, 0.05) is 0 Å². The largest absolute Gasteiger partial charge is 0.324 e. The molecule has 7 nitrogen and oxygen atoms in total. The van der Waals surface area contributed by atoms with E-state index in [0.717, 1.165) is 37.1 Å². The summed E-state index contributed by atoms with van der Waals surface area (Å²) in [6, 6.07) is 0. The highest BCUT2D eigenvalue weighted by molar-refractivity contribution is 7.85. The van der Waals surface area contributed by atoms with Crippen LogP contribution in [0.15, 0.2) is 0 Å². The van der Waals surface area contributed by atoms with E-state index in [1.165, 1.54) is 0 Å². The average Bonchev–Trinajstić information content (AvgIpc) is 2.27. The van der Waals surface area contributed by atoms with E-state index < -0.39 is 20.2 Å². The second kappa shape index (κ2) is 9.67. The third-order valence-electron chi connectivity index (χ3n) is 3.30. The molecule has 2 N–H and O–H groups in total. The SMILES string of the molecule is CC[N+](CC)(CC)CCCCS(=O)(=O)O.CS(=O)(=O)O. The summed E-state index contributed by atoms with van der Waals surface area (Å²) in [6.07, 6.45) is 2.13. The van der Waals surface area contributed by atoms with Gasteiger partial charge < -0.3 is 4.48 Å². The Morgan fingerprint density at radius 1 is 0.850 bits per heavy atom. The number of quaternary nitrogens is 1. The Kier molecular flexibility index (Phi) is 10.7. The minimum absolute atomic E-state index is 0.107. The standard InChI is InChI=1S/C10H23NO3S.CH4O3S/c1-4-11(5-2,6-3)9-7-8-10-15(12,13)14;1-5(2,3)4/h4-10H2,1-3H3;1H3,(H,2,3,4)/p+1. The highest BCUT2D eigenvalue weighted by Gasteiger charge is 2.19. The molecule has 0 atom stereocenters. The van der Waals surface area contributed by atoms with Gasteiger partial charge in [-0.25, -0.2) is 0 Å². The van der Waals surface area contributed by atoms with Crippen molar-refractivity contribution >= 4 is 20.2 Å². The lowest BCUT2D eigenvalue weighted by molar-refractivity contribution is -0.923. The van der Waals surface area contributed by atoms with Crippen LogP contribution in [0.4, 0.5) is 0 Å². The Labute approximate surface area is 123 Å². The average molecular weight is 334 g/mol. The molecule has 0 spiro atoms. The maximum atomic E-state index is 10.5. The fourth-order valence-electron chi connectivity index (χ4n) is 1.88. The molecule has 0 aliphatic heterocycles. The van der Waals surface area contributed by atoms with Gasteiger partial charge in [0.15, 0.2) is 0 Å². The second-order valence-electron chi connectivity index (χ2n) is 4.74. The molecular weight excluding hydrogens is 306 g/mol. The van der Waals surface area contributed by atoms with Crippen LogP contribution in [0.25, 0.3) is 0 Å². The van der Waals surface area contributed by atoms with Crippen molar-refractivity contribution in [3.63, 3.8) is 0 Å². The minimum Gasteiger partial charge on any atom is -0.324 e. The van der Waals surface area contributed by atoms with Crippen LogP contribution < -0.4 is 0 Å². The van der Waals surface area contributed by atoms with Crippen molar-refractivity contribution in [3.05, 3.63) is 0 Å². The Morgan fingerprint density at radius 2 is 1.20 bits per heavy atom. The van der Waals surface area contributed by atoms with Crippen molar-refractivity contribution in [3.8, 4) is 0 Å². The number of hydrogen-bond acceptors (Lipinski definition) is 4. The van der Waals surface area contributed by atoms with Crippen LogP contribution in [0.5, 0.6) is 0 Å². The van der Waals surface area contributed by atoms with Gasteiger partial charge in [0.05, 0.1) is 38.2 Å². The van der Waals surface area contributed by atoms with E-state index in [2.05, 4.69) is 20.8 Å². The molecule has 0 radical (unpaired) electrons. The molecule has 0 heterocycles. The van der Waals surface area contributed by atoms with Crippen molar-refractivity contribution in [1.82, 2.24) is 0 Å². The van der Waals surface area contributed by atoms with Gasteiger partial charge in [-0.05, 0) is 33.6 Å². The van der Waals surface area contributed by atoms with Crippen LogP contribution in [0, 0.1) is 0 Å². The first kappa shape index (κ1) is 22.1. The van der Waals surface area contributed by atoms with Crippen molar-refractivity contribution in [2.45, 2.75) is 33.6 Å². The number of nitrogens with zero attached hydrogens (tertiary/aromatic N) is 1. The first-order valence-corrected chi connectivity index (χ1v) is 10.1. The smallest absolute Gasteiger partial charge is 0.264 e. The molecule has 0 fully saturated rings. The van der Waals surface area contributed by atoms with Gasteiger partial charge in [-0.15, -0.1) is 0 Å². The molecule has 0 aromatic carbocycles. The predicted octanol–water partition coefficient (Wildman–Crippen LogP) is 1.03. The molecule has 20 heavy (non-hydrogen) atoms. The first-order chi connectivity index (χ1) is 8.89. The molecule has 124 valence electrons. The molecule has 0 aromatic rings. The van der Waals surface area contributed by atoms with Crippen LogP contribution in [0.1, 0.15) is 33.6 Å². The van der Waals surface area contributed by atoms with Gasteiger partial charge in [0.25, 0.3) is 20.2 Å². The van der Waals surface area contributed by atoms with E-state index in [9.17, 15) is 16.8 Å². The van der Waals surface area contributed by atoms with Gasteiger partial charge >= 0.3 is 0 Å². The predicted molar refractivity (Wildman–Crippen MR) is 79.9 cm³/mol. The highest BCUT2D eigenvalue weighted by Crippen LogP contribution is 2.08. The summed E-state index contributed by atoms with van der Waals surface area (Å²) < 4.78 is 56.5. The quantitative estimate of drug-likeness (QED) is 0.390. The molecule has 0 unspecified atom stereocenters.